The SMILES string of the molecule is CCCCNC(=O)C(=O)NN=Cc1ccc(Br)cc1. The Labute approximate surface area is 120 Å². The van der Waals surface area contributed by atoms with Crippen LogP contribution in [0.3, 0.4) is 0 Å². The molecule has 2 N–H and O–H groups in total. The van der Waals surface area contributed by atoms with Gasteiger partial charge in [-0.3, -0.25) is 9.59 Å². The van der Waals surface area contributed by atoms with E-state index in [1.807, 2.05) is 31.2 Å². The van der Waals surface area contributed by atoms with Crippen LogP contribution in [0.4, 0.5) is 0 Å². The maximum atomic E-state index is 11.3. The van der Waals surface area contributed by atoms with Gasteiger partial charge in [0, 0.05) is 11.0 Å². The third-order valence-corrected chi connectivity index (χ3v) is 2.80. The maximum Gasteiger partial charge on any atom is 0.329 e. The van der Waals surface area contributed by atoms with E-state index in [1.165, 1.54) is 6.21 Å². The Morgan fingerprint density at radius 1 is 1.26 bits per heavy atom. The first-order valence-corrected chi connectivity index (χ1v) is 6.79. The van der Waals surface area contributed by atoms with Crippen LogP contribution in [0.2, 0.25) is 0 Å². The van der Waals surface area contributed by atoms with E-state index in [-0.39, 0.29) is 0 Å². The molecule has 1 rings (SSSR count). The molecule has 0 aliphatic rings. The van der Waals surface area contributed by atoms with Crippen LogP contribution in [-0.2, 0) is 9.59 Å². The fourth-order valence-corrected chi connectivity index (χ4v) is 1.49. The van der Waals surface area contributed by atoms with E-state index in [0.29, 0.717) is 6.54 Å². The Morgan fingerprint density at radius 3 is 2.58 bits per heavy atom. The minimum Gasteiger partial charge on any atom is -0.348 e. The second kappa shape index (κ2) is 8.42. The molecule has 0 spiro atoms. The summed E-state index contributed by atoms with van der Waals surface area (Å²) < 4.78 is 0.962. The number of amides is 2. The first-order chi connectivity index (χ1) is 9.13. The predicted octanol–water partition coefficient (Wildman–Crippen LogP) is 1.82. The molecule has 0 fully saturated rings. The van der Waals surface area contributed by atoms with Gasteiger partial charge in [-0.1, -0.05) is 41.4 Å². The molecule has 0 atom stereocenters. The van der Waals surface area contributed by atoms with E-state index in [2.05, 4.69) is 31.8 Å². The van der Waals surface area contributed by atoms with Crippen LogP contribution in [0, 0.1) is 0 Å². The molecule has 1 aromatic rings. The lowest BCUT2D eigenvalue weighted by Crippen LogP contribution is -2.38. The summed E-state index contributed by atoms with van der Waals surface area (Å²) in [5.41, 5.74) is 3.01. The van der Waals surface area contributed by atoms with Crippen molar-refractivity contribution >= 4 is 34.0 Å². The van der Waals surface area contributed by atoms with Gasteiger partial charge in [0.15, 0.2) is 0 Å². The molecule has 0 saturated heterocycles. The number of benzene rings is 1. The zero-order valence-electron chi connectivity index (χ0n) is 10.6. The fourth-order valence-electron chi connectivity index (χ4n) is 1.22. The van der Waals surface area contributed by atoms with Crippen molar-refractivity contribution in [3.05, 3.63) is 34.3 Å². The highest BCUT2D eigenvalue weighted by molar-refractivity contribution is 9.10. The molecule has 0 bridgehead atoms. The summed E-state index contributed by atoms with van der Waals surface area (Å²) in [6.07, 6.45) is 3.29. The van der Waals surface area contributed by atoms with Gasteiger partial charge in [-0.25, -0.2) is 5.43 Å². The standard InChI is InChI=1S/C13H16BrN3O2/c1-2-3-8-15-12(18)13(19)17-16-9-10-4-6-11(14)7-5-10/h4-7,9H,2-3,8H2,1H3,(H,15,18)(H,17,19). The zero-order valence-corrected chi connectivity index (χ0v) is 12.2. The highest BCUT2D eigenvalue weighted by atomic mass is 79.9. The van der Waals surface area contributed by atoms with Crippen molar-refractivity contribution in [2.45, 2.75) is 19.8 Å². The quantitative estimate of drug-likeness (QED) is 0.375. The molecular weight excluding hydrogens is 310 g/mol. The van der Waals surface area contributed by atoms with Crippen molar-refractivity contribution in [2.24, 2.45) is 5.10 Å². The van der Waals surface area contributed by atoms with Crippen LogP contribution in [0.1, 0.15) is 25.3 Å². The second-order valence-corrected chi connectivity index (χ2v) is 4.78. The monoisotopic (exact) mass is 325 g/mol. The highest BCUT2D eigenvalue weighted by Crippen LogP contribution is 2.08. The molecule has 0 radical (unpaired) electrons. The minimum absolute atomic E-state index is 0.499. The van der Waals surface area contributed by atoms with Crippen molar-refractivity contribution in [1.82, 2.24) is 10.7 Å². The summed E-state index contributed by atoms with van der Waals surface area (Å²) in [5.74, 6) is -1.43. The normalized spacial score (nSPS) is 10.4. The second-order valence-electron chi connectivity index (χ2n) is 3.86. The first kappa shape index (κ1) is 15.4. The minimum atomic E-state index is -0.760. The molecule has 6 heteroatoms. The zero-order chi connectivity index (χ0) is 14.1. The van der Waals surface area contributed by atoms with E-state index in [9.17, 15) is 9.59 Å². The number of nitrogens with zero attached hydrogens (tertiary/aromatic N) is 1. The van der Waals surface area contributed by atoms with Gasteiger partial charge in [-0.05, 0) is 24.1 Å². The predicted molar refractivity (Wildman–Crippen MR) is 77.8 cm³/mol. The molecule has 0 heterocycles. The van der Waals surface area contributed by atoms with Crippen molar-refractivity contribution < 1.29 is 9.59 Å². The number of unbranched alkanes of at least 4 members (excludes halogenated alkanes) is 1. The molecule has 5 nitrogen and oxygen atoms in total. The van der Waals surface area contributed by atoms with E-state index < -0.39 is 11.8 Å². The van der Waals surface area contributed by atoms with Crippen LogP contribution in [0.15, 0.2) is 33.8 Å². The van der Waals surface area contributed by atoms with Gasteiger partial charge in [-0.15, -0.1) is 0 Å². The Balaban J connectivity index is 2.36. The van der Waals surface area contributed by atoms with Crippen LogP contribution in [0.5, 0.6) is 0 Å². The molecule has 102 valence electrons. The molecule has 2 amide bonds. The van der Waals surface area contributed by atoms with Crippen molar-refractivity contribution in [1.29, 1.82) is 0 Å². The van der Waals surface area contributed by atoms with Gasteiger partial charge in [-0.2, -0.15) is 5.10 Å². The van der Waals surface area contributed by atoms with Gasteiger partial charge in [0.25, 0.3) is 0 Å². The van der Waals surface area contributed by atoms with E-state index >= 15 is 0 Å². The molecular formula is C13H16BrN3O2. The van der Waals surface area contributed by atoms with E-state index in [0.717, 1.165) is 22.9 Å². The van der Waals surface area contributed by atoms with Crippen molar-refractivity contribution in [3.8, 4) is 0 Å². The van der Waals surface area contributed by atoms with Crippen LogP contribution in [-0.4, -0.2) is 24.6 Å². The number of rotatable bonds is 5. The topological polar surface area (TPSA) is 70.6 Å². The lowest BCUT2D eigenvalue weighted by molar-refractivity contribution is -0.139. The smallest absolute Gasteiger partial charge is 0.329 e. The summed E-state index contributed by atoms with van der Waals surface area (Å²) in [6, 6.07) is 7.39. The maximum absolute atomic E-state index is 11.3. The summed E-state index contributed by atoms with van der Waals surface area (Å²) >= 11 is 3.32. The molecule has 0 unspecified atom stereocenters. The summed E-state index contributed by atoms with van der Waals surface area (Å²) in [4.78, 5) is 22.6. The third kappa shape index (κ3) is 6.15. The first-order valence-electron chi connectivity index (χ1n) is 6.00. The molecule has 0 aliphatic heterocycles. The molecule has 0 aromatic heterocycles. The molecule has 0 saturated carbocycles. The largest absolute Gasteiger partial charge is 0.348 e. The number of hydrogen-bond donors (Lipinski definition) is 2. The number of halogens is 1. The number of nitrogens with one attached hydrogen (secondary N) is 2. The number of hydrogen-bond acceptors (Lipinski definition) is 3. The number of carbonyl (C=O) groups excluding carboxylic acids is 2. The average Bonchev–Trinajstić information content (AvgIpc) is 2.41. The Bertz CT molecular complexity index is 457. The van der Waals surface area contributed by atoms with E-state index in [4.69, 9.17) is 0 Å². The van der Waals surface area contributed by atoms with Gasteiger partial charge < -0.3 is 5.32 Å². The van der Waals surface area contributed by atoms with Gasteiger partial charge >= 0.3 is 11.8 Å². The van der Waals surface area contributed by atoms with Gasteiger partial charge in [0.2, 0.25) is 0 Å². The Morgan fingerprint density at radius 2 is 1.95 bits per heavy atom. The van der Waals surface area contributed by atoms with Crippen LogP contribution >= 0.6 is 15.9 Å². The molecule has 1 aromatic carbocycles. The van der Waals surface area contributed by atoms with Crippen LogP contribution in [0.25, 0.3) is 0 Å². The summed E-state index contributed by atoms with van der Waals surface area (Å²) in [5, 5.41) is 6.23. The van der Waals surface area contributed by atoms with Crippen molar-refractivity contribution in [3.63, 3.8) is 0 Å². The van der Waals surface area contributed by atoms with Crippen molar-refractivity contribution in [2.75, 3.05) is 6.54 Å². The highest BCUT2D eigenvalue weighted by Gasteiger charge is 2.10. The van der Waals surface area contributed by atoms with Crippen LogP contribution < -0.4 is 10.7 Å². The molecule has 0 aliphatic carbocycles. The van der Waals surface area contributed by atoms with Gasteiger partial charge in [0.05, 0.1) is 6.21 Å². The third-order valence-electron chi connectivity index (χ3n) is 2.27. The summed E-state index contributed by atoms with van der Waals surface area (Å²) in [7, 11) is 0. The summed E-state index contributed by atoms with van der Waals surface area (Å²) in [6.45, 7) is 2.51. The average molecular weight is 326 g/mol. The number of hydrazone groups is 1. The molecule has 19 heavy (non-hydrogen) atoms. The van der Waals surface area contributed by atoms with Gasteiger partial charge in [0.1, 0.15) is 0 Å². The van der Waals surface area contributed by atoms with E-state index in [1.54, 1.807) is 0 Å². The number of carbonyl (C=O) groups is 2. The Kier molecular flexibility index (Phi) is 6.81. The lowest BCUT2D eigenvalue weighted by Gasteiger charge is -2.02. The Hall–Kier alpha value is -1.69. The fraction of sp³-hybridized carbons (Fsp3) is 0.308. The lowest BCUT2D eigenvalue weighted by atomic mass is 10.2.